The normalized spacial score (nSPS) is 14.5. The van der Waals surface area contributed by atoms with Gasteiger partial charge in [-0.1, -0.05) is 37.6 Å². The number of likely N-dealkylation sites (tertiary alicyclic amines) is 1. The fourth-order valence-electron chi connectivity index (χ4n) is 3.23. The fraction of sp³-hybridized carbons (Fsp3) is 0.524. The van der Waals surface area contributed by atoms with Crippen molar-refractivity contribution in [1.82, 2.24) is 4.90 Å². The number of benzene rings is 1. The monoisotopic (exact) mass is 388 g/mol. The van der Waals surface area contributed by atoms with Gasteiger partial charge < -0.3 is 15.4 Å². The highest BCUT2D eigenvalue weighted by Gasteiger charge is 2.26. The van der Waals surface area contributed by atoms with Gasteiger partial charge in [0.15, 0.2) is 12.4 Å². The predicted molar refractivity (Wildman–Crippen MR) is 103 cm³/mol. The average Bonchev–Trinajstić information content (AvgIpc) is 2.71. The van der Waals surface area contributed by atoms with E-state index in [9.17, 15) is 19.2 Å². The van der Waals surface area contributed by atoms with E-state index < -0.39 is 5.97 Å². The van der Waals surface area contributed by atoms with Crippen molar-refractivity contribution in [2.24, 2.45) is 11.7 Å². The third-order valence-electron chi connectivity index (χ3n) is 4.98. The van der Waals surface area contributed by atoms with Crippen LogP contribution >= 0.6 is 0 Å². The van der Waals surface area contributed by atoms with Crippen LogP contribution in [0, 0.1) is 5.92 Å². The number of hydrogen-bond acceptors (Lipinski definition) is 5. The van der Waals surface area contributed by atoms with Crippen LogP contribution in [-0.4, -0.2) is 48.2 Å². The van der Waals surface area contributed by atoms with Crippen molar-refractivity contribution in [3.05, 3.63) is 35.4 Å². The summed E-state index contributed by atoms with van der Waals surface area (Å²) in [5, 5.41) is 0. The number of rotatable bonds is 9. The molecule has 0 aliphatic carbocycles. The SMILES string of the molecule is CCCc1ccc(C(=O)CCC(=O)OCC(=O)N2CCC(C(N)=O)CC2)cc1. The molecule has 1 aromatic rings. The highest BCUT2D eigenvalue weighted by atomic mass is 16.5. The Kier molecular flexibility index (Phi) is 8.17. The molecule has 2 amide bonds. The Labute approximate surface area is 165 Å². The van der Waals surface area contributed by atoms with E-state index >= 15 is 0 Å². The van der Waals surface area contributed by atoms with E-state index in [1.54, 1.807) is 17.0 Å². The van der Waals surface area contributed by atoms with Gasteiger partial charge in [-0.2, -0.15) is 0 Å². The van der Waals surface area contributed by atoms with Gasteiger partial charge in [0.25, 0.3) is 5.91 Å². The summed E-state index contributed by atoms with van der Waals surface area (Å²) in [7, 11) is 0. The molecule has 0 unspecified atom stereocenters. The first-order valence-electron chi connectivity index (χ1n) is 9.75. The molecule has 1 heterocycles. The maximum Gasteiger partial charge on any atom is 0.306 e. The van der Waals surface area contributed by atoms with Crippen molar-refractivity contribution in [1.29, 1.82) is 0 Å². The van der Waals surface area contributed by atoms with Crippen LogP contribution in [0.15, 0.2) is 24.3 Å². The van der Waals surface area contributed by atoms with E-state index in [2.05, 4.69) is 6.92 Å². The van der Waals surface area contributed by atoms with Crippen LogP contribution in [-0.2, 0) is 25.5 Å². The van der Waals surface area contributed by atoms with Crippen LogP contribution in [0.5, 0.6) is 0 Å². The molecule has 0 radical (unpaired) electrons. The highest BCUT2D eigenvalue weighted by Crippen LogP contribution is 2.16. The zero-order chi connectivity index (χ0) is 20.5. The molecule has 2 N–H and O–H groups in total. The maximum absolute atomic E-state index is 12.2. The number of nitrogens with zero attached hydrogens (tertiary/aromatic N) is 1. The molecule has 0 spiro atoms. The molecule has 1 aliphatic heterocycles. The van der Waals surface area contributed by atoms with Crippen LogP contribution in [0.25, 0.3) is 0 Å². The number of nitrogens with two attached hydrogens (primary N) is 1. The second-order valence-electron chi connectivity index (χ2n) is 7.09. The Balaban J connectivity index is 1.68. The number of carbonyl (C=O) groups is 4. The molecule has 0 aromatic heterocycles. The van der Waals surface area contributed by atoms with E-state index in [1.165, 1.54) is 5.56 Å². The van der Waals surface area contributed by atoms with Crippen LogP contribution in [0.2, 0.25) is 0 Å². The summed E-state index contributed by atoms with van der Waals surface area (Å²) in [6.07, 6.45) is 3.05. The minimum Gasteiger partial charge on any atom is -0.456 e. The van der Waals surface area contributed by atoms with Crippen molar-refractivity contribution in [2.45, 2.75) is 45.4 Å². The Morgan fingerprint density at radius 1 is 1.07 bits per heavy atom. The number of primary amides is 1. The fourth-order valence-corrected chi connectivity index (χ4v) is 3.23. The van der Waals surface area contributed by atoms with Gasteiger partial charge in [0, 0.05) is 31.0 Å². The number of amides is 2. The molecular weight excluding hydrogens is 360 g/mol. The lowest BCUT2D eigenvalue weighted by atomic mass is 9.96. The second kappa shape index (κ2) is 10.6. The quantitative estimate of drug-likeness (QED) is 0.513. The maximum atomic E-state index is 12.2. The smallest absolute Gasteiger partial charge is 0.306 e. The first kappa shape index (κ1) is 21.6. The molecule has 0 saturated carbocycles. The van der Waals surface area contributed by atoms with Gasteiger partial charge in [0.2, 0.25) is 5.91 Å². The number of piperidine rings is 1. The molecule has 1 aromatic carbocycles. The molecule has 1 saturated heterocycles. The number of esters is 1. The number of ketones is 1. The van der Waals surface area contributed by atoms with Gasteiger partial charge in [-0.05, 0) is 24.8 Å². The summed E-state index contributed by atoms with van der Waals surface area (Å²) in [6.45, 7) is 2.60. The van der Waals surface area contributed by atoms with Crippen molar-refractivity contribution < 1.29 is 23.9 Å². The molecule has 2 rings (SSSR count). The Morgan fingerprint density at radius 3 is 2.29 bits per heavy atom. The van der Waals surface area contributed by atoms with E-state index in [0.29, 0.717) is 31.5 Å². The number of aryl methyl sites for hydroxylation is 1. The van der Waals surface area contributed by atoms with Gasteiger partial charge in [-0.25, -0.2) is 0 Å². The largest absolute Gasteiger partial charge is 0.456 e. The Morgan fingerprint density at radius 2 is 1.71 bits per heavy atom. The molecule has 7 heteroatoms. The molecule has 1 aliphatic rings. The van der Waals surface area contributed by atoms with Gasteiger partial charge in [-0.15, -0.1) is 0 Å². The van der Waals surface area contributed by atoms with Crippen molar-refractivity contribution in [2.75, 3.05) is 19.7 Å². The van der Waals surface area contributed by atoms with Crippen molar-refractivity contribution in [3.8, 4) is 0 Å². The first-order chi connectivity index (χ1) is 13.4. The first-order valence-corrected chi connectivity index (χ1v) is 9.75. The van der Waals surface area contributed by atoms with Gasteiger partial charge in [0.05, 0.1) is 6.42 Å². The number of hydrogen-bond donors (Lipinski definition) is 1. The predicted octanol–water partition coefficient (Wildman–Crippen LogP) is 1.87. The lowest BCUT2D eigenvalue weighted by molar-refractivity contribution is -0.152. The molecule has 0 bridgehead atoms. The number of carbonyl (C=O) groups excluding carboxylic acids is 4. The lowest BCUT2D eigenvalue weighted by Crippen LogP contribution is -2.43. The van der Waals surface area contributed by atoms with Crippen molar-refractivity contribution in [3.63, 3.8) is 0 Å². The van der Waals surface area contributed by atoms with E-state index in [1.807, 2.05) is 12.1 Å². The zero-order valence-electron chi connectivity index (χ0n) is 16.3. The summed E-state index contributed by atoms with van der Waals surface area (Å²) in [5.41, 5.74) is 7.02. The average molecular weight is 388 g/mol. The van der Waals surface area contributed by atoms with E-state index in [4.69, 9.17) is 10.5 Å². The van der Waals surface area contributed by atoms with Crippen molar-refractivity contribution >= 4 is 23.6 Å². The van der Waals surface area contributed by atoms with Gasteiger partial charge >= 0.3 is 5.97 Å². The molecule has 28 heavy (non-hydrogen) atoms. The second-order valence-corrected chi connectivity index (χ2v) is 7.09. The minimum absolute atomic E-state index is 0.0458. The van der Waals surface area contributed by atoms with Crippen LogP contribution in [0.1, 0.15) is 54.9 Å². The zero-order valence-corrected chi connectivity index (χ0v) is 16.3. The Hall–Kier alpha value is -2.70. The van der Waals surface area contributed by atoms with Gasteiger partial charge in [-0.3, -0.25) is 19.2 Å². The number of Topliss-reactive ketones (excluding diaryl/α,β-unsaturated/α-hetero) is 1. The Bertz CT molecular complexity index is 706. The number of ether oxygens (including phenoxy) is 1. The topological polar surface area (TPSA) is 107 Å². The summed E-state index contributed by atoms with van der Waals surface area (Å²) in [4.78, 5) is 48.8. The molecule has 7 nitrogen and oxygen atoms in total. The highest BCUT2D eigenvalue weighted by molar-refractivity contribution is 5.97. The molecular formula is C21H28N2O5. The summed E-state index contributed by atoms with van der Waals surface area (Å²) < 4.78 is 4.99. The summed E-state index contributed by atoms with van der Waals surface area (Å²) in [5.74, 6) is -1.54. The lowest BCUT2D eigenvalue weighted by Gasteiger charge is -2.30. The minimum atomic E-state index is -0.573. The molecule has 0 atom stereocenters. The van der Waals surface area contributed by atoms with Crippen LogP contribution in [0.4, 0.5) is 0 Å². The molecule has 152 valence electrons. The van der Waals surface area contributed by atoms with Crippen LogP contribution in [0.3, 0.4) is 0 Å². The van der Waals surface area contributed by atoms with Gasteiger partial charge in [0.1, 0.15) is 0 Å². The summed E-state index contributed by atoms with van der Waals surface area (Å²) >= 11 is 0. The third kappa shape index (κ3) is 6.48. The van der Waals surface area contributed by atoms with E-state index in [-0.39, 0.29) is 43.0 Å². The molecule has 1 fully saturated rings. The van der Waals surface area contributed by atoms with Crippen LogP contribution < -0.4 is 5.73 Å². The standard InChI is InChI=1S/C21H28N2O5/c1-2-3-15-4-6-16(7-5-15)18(24)8-9-20(26)28-14-19(25)23-12-10-17(11-13-23)21(22)27/h4-7,17H,2-3,8-14H2,1H3,(H2,22,27). The van der Waals surface area contributed by atoms with E-state index in [0.717, 1.165) is 12.8 Å². The third-order valence-corrected chi connectivity index (χ3v) is 4.98. The summed E-state index contributed by atoms with van der Waals surface area (Å²) in [6, 6.07) is 7.40.